The van der Waals surface area contributed by atoms with Crippen LogP contribution in [0.5, 0.6) is 0 Å². The molecule has 2 aromatic carbocycles. The lowest BCUT2D eigenvalue weighted by molar-refractivity contribution is 0.0694. The molecule has 4 rings (SSSR count). The van der Waals surface area contributed by atoms with Gasteiger partial charge in [0.25, 0.3) is 0 Å². The Hall–Kier alpha value is -2.55. The van der Waals surface area contributed by atoms with Crippen LogP contribution in [-0.4, -0.2) is 11.1 Å². The van der Waals surface area contributed by atoms with Gasteiger partial charge in [0.1, 0.15) is 0 Å². The molecule has 0 unspecified atom stereocenters. The number of nitrogens with one attached hydrogen (secondary N) is 1. The van der Waals surface area contributed by atoms with Gasteiger partial charge in [0, 0.05) is 11.6 Å². The van der Waals surface area contributed by atoms with Crippen molar-refractivity contribution in [2.45, 2.75) is 32.2 Å². The van der Waals surface area contributed by atoms with E-state index in [0.717, 1.165) is 12.0 Å². The van der Waals surface area contributed by atoms with Crippen molar-refractivity contribution in [3.8, 4) is 0 Å². The summed E-state index contributed by atoms with van der Waals surface area (Å²) < 4.78 is 0. The molecular formula is C21H21NO2. The van der Waals surface area contributed by atoms with Gasteiger partial charge in [0.15, 0.2) is 0 Å². The van der Waals surface area contributed by atoms with Gasteiger partial charge in [-0.25, -0.2) is 4.79 Å². The third kappa shape index (κ3) is 2.15. The number of fused-ring (bicyclic) bond motifs is 3. The van der Waals surface area contributed by atoms with Crippen LogP contribution in [0.1, 0.15) is 51.0 Å². The maximum absolute atomic E-state index is 11.7. The molecule has 3 heteroatoms. The van der Waals surface area contributed by atoms with Crippen molar-refractivity contribution in [3.63, 3.8) is 0 Å². The maximum atomic E-state index is 11.7. The van der Waals surface area contributed by atoms with E-state index in [1.807, 2.05) is 12.1 Å². The highest BCUT2D eigenvalue weighted by Crippen LogP contribution is 2.51. The van der Waals surface area contributed by atoms with E-state index >= 15 is 0 Å². The van der Waals surface area contributed by atoms with Crippen LogP contribution in [0.4, 0.5) is 5.69 Å². The van der Waals surface area contributed by atoms with Gasteiger partial charge in [0.2, 0.25) is 0 Å². The molecule has 0 bridgehead atoms. The Kier molecular flexibility index (Phi) is 3.45. The van der Waals surface area contributed by atoms with E-state index in [9.17, 15) is 9.90 Å². The predicted octanol–water partition coefficient (Wildman–Crippen LogP) is 4.83. The number of aromatic carboxylic acids is 1. The second-order valence-corrected chi connectivity index (χ2v) is 6.86. The van der Waals surface area contributed by atoms with E-state index in [0.29, 0.717) is 17.4 Å². The number of rotatable bonds is 2. The average molecular weight is 319 g/mol. The number of carbonyl (C=O) groups is 1. The summed E-state index contributed by atoms with van der Waals surface area (Å²) in [5, 5.41) is 13.3. The molecule has 0 aromatic heterocycles. The van der Waals surface area contributed by atoms with E-state index in [2.05, 4.69) is 43.4 Å². The summed E-state index contributed by atoms with van der Waals surface area (Å²) in [6.45, 7) is 4.28. The zero-order valence-electron chi connectivity index (χ0n) is 13.9. The molecule has 0 spiro atoms. The van der Waals surface area contributed by atoms with Crippen LogP contribution >= 0.6 is 0 Å². The highest BCUT2D eigenvalue weighted by Gasteiger charge is 2.40. The number of hydrogen-bond donors (Lipinski definition) is 2. The van der Waals surface area contributed by atoms with Crippen molar-refractivity contribution in [2.75, 3.05) is 5.32 Å². The van der Waals surface area contributed by atoms with Gasteiger partial charge in [-0.3, -0.25) is 0 Å². The minimum Gasteiger partial charge on any atom is -0.478 e. The molecule has 122 valence electrons. The first-order valence-corrected chi connectivity index (χ1v) is 8.43. The normalized spacial score (nSPS) is 24.2. The van der Waals surface area contributed by atoms with Gasteiger partial charge in [-0.2, -0.15) is 0 Å². The average Bonchev–Trinajstić information content (AvgIpc) is 3.06. The number of benzene rings is 2. The lowest BCUT2D eigenvalue weighted by atomic mass is 9.74. The molecule has 2 N–H and O–H groups in total. The van der Waals surface area contributed by atoms with Gasteiger partial charge < -0.3 is 10.4 Å². The fourth-order valence-corrected chi connectivity index (χ4v) is 4.31. The van der Waals surface area contributed by atoms with Crippen LogP contribution in [0.2, 0.25) is 0 Å². The molecule has 2 aliphatic rings. The van der Waals surface area contributed by atoms with Crippen molar-refractivity contribution < 1.29 is 9.90 Å². The fraction of sp³-hybridized carbons (Fsp3) is 0.286. The largest absolute Gasteiger partial charge is 0.478 e. The molecule has 3 nitrogen and oxygen atoms in total. The summed E-state index contributed by atoms with van der Waals surface area (Å²) in [5.74, 6) is -0.145. The monoisotopic (exact) mass is 319 g/mol. The van der Waals surface area contributed by atoms with Crippen molar-refractivity contribution in [1.29, 1.82) is 0 Å². The number of anilines is 1. The molecule has 3 atom stereocenters. The standard InChI is InChI=1S/C21H21NO2/c1-12-10-11-13(2)19-18(12)14-8-5-9-15(14)20(22-19)16-6-3-4-7-17(16)21(23)24/h3-8,10-11,14-15,20,22H,9H2,1-2H3,(H,23,24)/t14-,15-,20+/m1/s1. The maximum Gasteiger partial charge on any atom is 0.336 e. The number of allylic oxidation sites excluding steroid dienone is 2. The van der Waals surface area contributed by atoms with Crippen LogP contribution in [-0.2, 0) is 0 Å². The number of aryl methyl sites for hydroxylation is 2. The second kappa shape index (κ2) is 5.52. The number of carboxylic acid groups (broad SMARTS) is 1. The Morgan fingerprint density at radius 2 is 1.88 bits per heavy atom. The topological polar surface area (TPSA) is 49.3 Å². The van der Waals surface area contributed by atoms with Crippen LogP contribution in [0.3, 0.4) is 0 Å². The lowest BCUT2D eigenvalue weighted by Crippen LogP contribution is -2.31. The minimum atomic E-state index is -0.860. The summed E-state index contributed by atoms with van der Waals surface area (Å²) in [4.78, 5) is 11.7. The molecule has 0 saturated heterocycles. The first-order valence-electron chi connectivity index (χ1n) is 8.43. The van der Waals surface area contributed by atoms with Crippen molar-refractivity contribution in [1.82, 2.24) is 0 Å². The number of hydrogen-bond acceptors (Lipinski definition) is 2. The smallest absolute Gasteiger partial charge is 0.336 e. The summed E-state index contributed by atoms with van der Waals surface area (Å²) in [6.07, 6.45) is 5.51. The first-order chi connectivity index (χ1) is 11.6. The van der Waals surface area contributed by atoms with E-state index in [1.165, 1.54) is 22.4 Å². The van der Waals surface area contributed by atoms with Crippen LogP contribution in [0.15, 0.2) is 48.6 Å². The van der Waals surface area contributed by atoms with Gasteiger partial charge >= 0.3 is 5.97 Å². The summed E-state index contributed by atoms with van der Waals surface area (Å²) in [7, 11) is 0. The van der Waals surface area contributed by atoms with Gasteiger partial charge in [0.05, 0.1) is 11.6 Å². The Balaban J connectivity index is 1.88. The predicted molar refractivity (Wildman–Crippen MR) is 95.7 cm³/mol. The molecule has 1 heterocycles. The SMILES string of the molecule is Cc1ccc(C)c2c1N[C@H](c1ccccc1C(=O)O)[C@@H]1CC=C[C@@H]21. The highest BCUT2D eigenvalue weighted by molar-refractivity contribution is 5.90. The highest BCUT2D eigenvalue weighted by atomic mass is 16.4. The molecule has 1 aliphatic carbocycles. The molecule has 0 fully saturated rings. The lowest BCUT2D eigenvalue weighted by Gasteiger charge is -2.39. The van der Waals surface area contributed by atoms with E-state index in [1.54, 1.807) is 12.1 Å². The van der Waals surface area contributed by atoms with Gasteiger partial charge in [-0.1, -0.05) is 42.5 Å². The van der Waals surface area contributed by atoms with Crippen LogP contribution in [0, 0.1) is 19.8 Å². The minimum absolute atomic E-state index is 0.0188. The second-order valence-electron chi connectivity index (χ2n) is 6.86. The van der Waals surface area contributed by atoms with Crippen molar-refractivity contribution >= 4 is 11.7 Å². The summed E-state index contributed by atoms with van der Waals surface area (Å²) in [6, 6.07) is 11.7. The van der Waals surface area contributed by atoms with E-state index in [-0.39, 0.29) is 6.04 Å². The quantitative estimate of drug-likeness (QED) is 0.780. The summed E-state index contributed by atoms with van der Waals surface area (Å²) >= 11 is 0. The number of carboxylic acids is 1. The first kappa shape index (κ1) is 15.0. The molecule has 0 saturated carbocycles. The third-order valence-corrected chi connectivity index (χ3v) is 5.47. The molecular weight excluding hydrogens is 298 g/mol. The molecule has 24 heavy (non-hydrogen) atoms. The Morgan fingerprint density at radius 3 is 2.67 bits per heavy atom. The van der Waals surface area contributed by atoms with Gasteiger partial charge in [-0.15, -0.1) is 0 Å². The third-order valence-electron chi connectivity index (χ3n) is 5.47. The van der Waals surface area contributed by atoms with Crippen molar-refractivity contribution in [3.05, 3.63) is 76.4 Å². The Labute approximate surface area is 142 Å². The molecule has 1 aliphatic heterocycles. The Morgan fingerprint density at radius 1 is 1.12 bits per heavy atom. The Bertz CT molecular complexity index is 853. The zero-order valence-corrected chi connectivity index (χ0v) is 13.9. The van der Waals surface area contributed by atoms with E-state index in [4.69, 9.17) is 0 Å². The van der Waals surface area contributed by atoms with E-state index < -0.39 is 5.97 Å². The van der Waals surface area contributed by atoms with Gasteiger partial charge in [-0.05, 0) is 54.5 Å². The molecule has 0 amide bonds. The molecule has 2 aromatic rings. The van der Waals surface area contributed by atoms with Crippen molar-refractivity contribution in [2.24, 2.45) is 5.92 Å². The van der Waals surface area contributed by atoms with Crippen LogP contribution < -0.4 is 5.32 Å². The zero-order chi connectivity index (χ0) is 16.8. The van der Waals surface area contributed by atoms with Crippen LogP contribution in [0.25, 0.3) is 0 Å². The summed E-state index contributed by atoms with van der Waals surface area (Å²) in [5.41, 5.74) is 6.34. The molecule has 0 radical (unpaired) electrons. The fourth-order valence-electron chi connectivity index (χ4n) is 4.31.